The van der Waals surface area contributed by atoms with Crippen molar-refractivity contribution in [3.63, 3.8) is 0 Å². The van der Waals surface area contributed by atoms with Gasteiger partial charge in [-0.25, -0.2) is 4.68 Å². The largest absolute Gasteiger partial charge is 0.497 e. The van der Waals surface area contributed by atoms with Gasteiger partial charge < -0.3 is 9.47 Å². The van der Waals surface area contributed by atoms with E-state index in [9.17, 15) is 19.2 Å². The first-order valence-electron chi connectivity index (χ1n) is 8.04. The molecule has 0 aliphatic heterocycles. The number of carbonyl (C=O) groups excluding carboxylic acids is 2. The Morgan fingerprint density at radius 1 is 1.00 bits per heavy atom. The van der Waals surface area contributed by atoms with Gasteiger partial charge in [0.15, 0.2) is 12.4 Å². The lowest BCUT2D eigenvalue weighted by molar-refractivity contribution is -0.143. The molecule has 0 unspecified atom stereocenters. The maximum absolute atomic E-state index is 12.3. The third-order valence-electron chi connectivity index (χ3n) is 3.95. The Hall–Kier alpha value is -3.68. The third-order valence-corrected chi connectivity index (χ3v) is 3.95. The maximum Gasteiger partial charge on any atom is 0.328 e. The van der Waals surface area contributed by atoms with E-state index in [0.29, 0.717) is 11.3 Å². The number of rotatable bonds is 6. The van der Waals surface area contributed by atoms with Crippen molar-refractivity contribution in [2.24, 2.45) is 0 Å². The fourth-order valence-electron chi connectivity index (χ4n) is 2.54. The maximum atomic E-state index is 12.3. The van der Waals surface area contributed by atoms with Gasteiger partial charge in [-0.15, -0.1) is 0 Å². The van der Waals surface area contributed by atoms with Crippen molar-refractivity contribution < 1.29 is 19.1 Å². The van der Waals surface area contributed by atoms with E-state index in [4.69, 9.17) is 9.47 Å². The van der Waals surface area contributed by atoms with E-state index in [1.807, 2.05) is 0 Å². The molecule has 0 aliphatic rings. The van der Waals surface area contributed by atoms with Crippen molar-refractivity contribution in [1.29, 1.82) is 0 Å². The van der Waals surface area contributed by atoms with Crippen LogP contribution >= 0.6 is 0 Å². The van der Waals surface area contributed by atoms with Crippen LogP contribution in [0.4, 0.5) is 0 Å². The zero-order chi connectivity index (χ0) is 19.4. The van der Waals surface area contributed by atoms with Crippen LogP contribution in [-0.2, 0) is 16.1 Å². The molecule has 2 aromatic carbocycles. The molecule has 0 fully saturated rings. The second-order valence-electron chi connectivity index (χ2n) is 5.69. The summed E-state index contributed by atoms with van der Waals surface area (Å²) in [7, 11) is 1.51. The second-order valence-corrected chi connectivity index (χ2v) is 5.69. The summed E-state index contributed by atoms with van der Waals surface area (Å²) in [6.07, 6.45) is 0. The fraction of sp³-hybridized carbons (Fsp3) is 0.158. The lowest BCUT2D eigenvalue weighted by Gasteiger charge is -2.08. The molecule has 3 rings (SSSR count). The van der Waals surface area contributed by atoms with Gasteiger partial charge in [0.25, 0.3) is 11.1 Å². The summed E-state index contributed by atoms with van der Waals surface area (Å²) in [6.45, 7) is -0.980. The average Bonchev–Trinajstić information content (AvgIpc) is 2.70. The van der Waals surface area contributed by atoms with Gasteiger partial charge in [0.2, 0.25) is 0 Å². The quantitative estimate of drug-likeness (QED) is 0.516. The molecule has 0 spiro atoms. The minimum absolute atomic E-state index is 0.198. The Balaban J connectivity index is 1.68. The molecule has 1 heterocycles. The zero-order valence-corrected chi connectivity index (χ0v) is 14.4. The Kier molecular flexibility index (Phi) is 5.16. The lowest BCUT2D eigenvalue weighted by atomic mass is 10.1. The van der Waals surface area contributed by atoms with Gasteiger partial charge in [-0.05, 0) is 36.4 Å². The molecular weight excluding hydrogens is 352 g/mol. The number of hydrogen-bond donors (Lipinski definition) is 1. The van der Waals surface area contributed by atoms with Crippen molar-refractivity contribution in [2.45, 2.75) is 6.54 Å². The van der Waals surface area contributed by atoms with Crippen LogP contribution in [-0.4, -0.2) is 35.2 Å². The van der Waals surface area contributed by atoms with Crippen LogP contribution in [0.2, 0.25) is 0 Å². The van der Waals surface area contributed by atoms with Crippen LogP contribution in [0.1, 0.15) is 10.4 Å². The molecule has 8 nitrogen and oxygen atoms in total. The van der Waals surface area contributed by atoms with Gasteiger partial charge in [-0.1, -0.05) is 12.1 Å². The van der Waals surface area contributed by atoms with Gasteiger partial charge >= 0.3 is 5.97 Å². The van der Waals surface area contributed by atoms with E-state index in [-0.39, 0.29) is 10.8 Å². The number of ketones is 1. The summed E-state index contributed by atoms with van der Waals surface area (Å²) in [5, 5.41) is 2.77. The first-order chi connectivity index (χ1) is 13.0. The smallest absolute Gasteiger partial charge is 0.328 e. The summed E-state index contributed by atoms with van der Waals surface area (Å²) < 4.78 is 10.8. The average molecular weight is 368 g/mol. The second kappa shape index (κ2) is 7.69. The minimum atomic E-state index is -0.815. The van der Waals surface area contributed by atoms with E-state index in [1.54, 1.807) is 36.4 Å². The molecule has 0 aliphatic carbocycles. The molecule has 1 N–H and O–H groups in total. The first-order valence-corrected chi connectivity index (χ1v) is 8.04. The molecule has 138 valence electrons. The molecule has 0 radical (unpaired) electrons. The lowest BCUT2D eigenvalue weighted by Crippen LogP contribution is -2.33. The Morgan fingerprint density at radius 3 is 2.33 bits per heavy atom. The van der Waals surface area contributed by atoms with Crippen molar-refractivity contribution in [3.05, 3.63) is 74.8 Å². The third kappa shape index (κ3) is 3.95. The van der Waals surface area contributed by atoms with E-state index in [2.05, 4.69) is 5.10 Å². The number of hydrogen-bond acceptors (Lipinski definition) is 6. The van der Waals surface area contributed by atoms with Crippen LogP contribution in [0.25, 0.3) is 10.8 Å². The van der Waals surface area contributed by atoms with Crippen molar-refractivity contribution in [3.8, 4) is 5.75 Å². The standard InChI is InChI=1S/C19H16N2O6/c1-26-13-8-6-12(7-9-13)16(22)11-27-17(23)10-21-19(25)15-5-3-2-4-14(15)18(24)20-21/h2-9H,10-11H2,1H3,(H,20,24). The van der Waals surface area contributed by atoms with Crippen LogP contribution in [0.5, 0.6) is 5.75 Å². The van der Waals surface area contributed by atoms with E-state index in [0.717, 1.165) is 4.68 Å². The van der Waals surface area contributed by atoms with E-state index < -0.39 is 36.0 Å². The highest BCUT2D eigenvalue weighted by Gasteiger charge is 2.13. The van der Waals surface area contributed by atoms with Crippen molar-refractivity contribution in [1.82, 2.24) is 9.78 Å². The number of methoxy groups -OCH3 is 1. The molecule has 0 atom stereocenters. The molecule has 3 aromatic rings. The number of nitrogens with one attached hydrogen (secondary N) is 1. The molecule has 0 saturated carbocycles. The fourth-order valence-corrected chi connectivity index (χ4v) is 2.54. The first kappa shape index (κ1) is 18.1. The summed E-state index contributed by atoms with van der Waals surface area (Å²) in [5.41, 5.74) is -0.657. The number of nitrogens with zero attached hydrogens (tertiary/aromatic N) is 1. The Morgan fingerprint density at radius 2 is 1.67 bits per heavy atom. The highest BCUT2D eigenvalue weighted by molar-refractivity contribution is 5.98. The number of aromatic nitrogens is 2. The van der Waals surface area contributed by atoms with Gasteiger partial charge in [0.1, 0.15) is 12.3 Å². The van der Waals surface area contributed by atoms with Crippen LogP contribution < -0.4 is 15.9 Å². The van der Waals surface area contributed by atoms with Gasteiger partial charge in [0.05, 0.1) is 17.9 Å². The molecule has 0 bridgehead atoms. The van der Waals surface area contributed by atoms with Gasteiger partial charge in [-0.2, -0.15) is 0 Å². The summed E-state index contributed by atoms with van der Waals surface area (Å²) in [6, 6.07) is 12.6. The molecule has 0 amide bonds. The van der Waals surface area contributed by atoms with Gasteiger partial charge in [0, 0.05) is 5.56 Å². The minimum Gasteiger partial charge on any atom is -0.497 e. The molecule has 1 aromatic heterocycles. The number of Topliss-reactive ketones (excluding diaryl/α,β-unsaturated/α-hetero) is 1. The molecule has 27 heavy (non-hydrogen) atoms. The highest BCUT2D eigenvalue weighted by atomic mass is 16.5. The summed E-state index contributed by atoms with van der Waals surface area (Å²) in [5.74, 6) is -0.613. The Labute approximate surface area is 152 Å². The SMILES string of the molecule is COc1ccc(C(=O)COC(=O)Cn2[nH]c(=O)c3ccccc3c2=O)cc1. The highest BCUT2D eigenvalue weighted by Crippen LogP contribution is 2.11. The van der Waals surface area contributed by atoms with Crippen molar-refractivity contribution in [2.75, 3.05) is 13.7 Å². The van der Waals surface area contributed by atoms with Crippen LogP contribution in [0, 0.1) is 0 Å². The molecule has 0 saturated heterocycles. The predicted octanol–water partition coefficient (Wildman–Crippen LogP) is 1.12. The summed E-state index contributed by atoms with van der Waals surface area (Å²) in [4.78, 5) is 48.4. The van der Waals surface area contributed by atoms with Crippen LogP contribution in [0.3, 0.4) is 0 Å². The van der Waals surface area contributed by atoms with Crippen LogP contribution in [0.15, 0.2) is 58.1 Å². The number of carbonyl (C=O) groups is 2. The number of ether oxygens (including phenoxy) is 2. The monoisotopic (exact) mass is 368 g/mol. The normalized spacial score (nSPS) is 10.6. The molecule has 8 heteroatoms. The van der Waals surface area contributed by atoms with Gasteiger partial charge in [-0.3, -0.25) is 24.3 Å². The zero-order valence-electron chi connectivity index (χ0n) is 14.4. The predicted molar refractivity (Wildman–Crippen MR) is 97.1 cm³/mol. The number of benzene rings is 2. The topological polar surface area (TPSA) is 107 Å². The van der Waals surface area contributed by atoms with E-state index >= 15 is 0 Å². The van der Waals surface area contributed by atoms with E-state index in [1.165, 1.54) is 19.2 Å². The Bertz CT molecular complexity index is 1110. The number of H-pyrrole nitrogens is 1. The molecular formula is C19H16N2O6. The summed E-state index contributed by atoms with van der Waals surface area (Å²) >= 11 is 0. The van der Waals surface area contributed by atoms with Crippen molar-refractivity contribution >= 4 is 22.5 Å². The number of fused-ring (bicyclic) bond motifs is 1. The number of aromatic amines is 1. The number of esters is 1.